The van der Waals surface area contributed by atoms with E-state index in [-0.39, 0.29) is 59.5 Å². The van der Waals surface area contributed by atoms with Gasteiger partial charge in [0.1, 0.15) is 24.4 Å². The molecule has 5 atom stereocenters. The van der Waals surface area contributed by atoms with Crippen molar-refractivity contribution in [3.8, 4) is 0 Å². The third-order valence-corrected chi connectivity index (χ3v) is 7.56. The van der Waals surface area contributed by atoms with E-state index in [0.717, 1.165) is 32.1 Å². The van der Waals surface area contributed by atoms with Crippen LogP contribution in [0.5, 0.6) is 0 Å². The number of carboxylic acid groups (broad SMARTS) is 1. The second kappa shape index (κ2) is 27.4. The number of aliphatic hydroxyl groups is 3. The molecule has 1 rings (SSSR count). The molecule has 0 aromatic carbocycles. The Balaban J connectivity index is 2.32. The zero-order valence-electron chi connectivity index (χ0n) is 26.0. The molecule has 1 saturated heterocycles. The van der Waals surface area contributed by atoms with Crippen LogP contribution in [0.3, 0.4) is 0 Å². The molecule has 0 aliphatic carbocycles. The van der Waals surface area contributed by atoms with Crippen LogP contribution in [0.2, 0.25) is 0 Å². The first-order chi connectivity index (χ1) is 20.6. The summed E-state index contributed by atoms with van der Waals surface area (Å²) in [6.45, 7) is 2.70. The summed E-state index contributed by atoms with van der Waals surface area (Å²) >= 11 is 0. The van der Waals surface area contributed by atoms with Gasteiger partial charge in [0.2, 0.25) is 0 Å². The predicted octanol–water partition coefficient (Wildman–Crippen LogP) is 4.27. The second-order valence-corrected chi connectivity index (χ2v) is 11.0. The van der Waals surface area contributed by atoms with E-state index in [1.54, 1.807) is 0 Å². The summed E-state index contributed by atoms with van der Waals surface area (Å²) in [7, 11) is 0. The molecule has 1 heterocycles. The van der Waals surface area contributed by atoms with E-state index < -0.39 is 36.3 Å². The predicted molar refractivity (Wildman–Crippen MR) is 162 cm³/mol. The Bertz CT molecular complexity index is 647. The number of ether oxygens (including phenoxy) is 5. The Morgan fingerprint density at radius 3 is 2.07 bits per heavy atom. The van der Waals surface area contributed by atoms with Gasteiger partial charge >= 0.3 is 5.97 Å². The lowest BCUT2D eigenvalue weighted by atomic mass is 9.97. The van der Waals surface area contributed by atoms with Crippen LogP contribution >= 0.6 is 0 Å². The van der Waals surface area contributed by atoms with Crippen molar-refractivity contribution in [1.82, 2.24) is 0 Å². The van der Waals surface area contributed by atoms with Crippen molar-refractivity contribution in [3.63, 3.8) is 0 Å². The van der Waals surface area contributed by atoms with Gasteiger partial charge in [0.15, 0.2) is 0 Å². The fourth-order valence-corrected chi connectivity index (χ4v) is 5.21. The van der Waals surface area contributed by atoms with Crippen LogP contribution in [-0.2, 0) is 28.5 Å². The SMILES string of the molecule is CCCCCCCCC=CCCCCCCC(CCOCC(OCCO)C1OCC(OCCO)C1OCCO)C(=O)O. The van der Waals surface area contributed by atoms with Crippen molar-refractivity contribution in [3.05, 3.63) is 12.2 Å². The zero-order valence-corrected chi connectivity index (χ0v) is 26.0. The van der Waals surface area contributed by atoms with Crippen molar-refractivity contribution < 1.29 is 48.9 Å². The molecule has 4 N–H and O–H groups in total. The molecule has 0 amide bonds. The molecule has 0 spiro atoms. The van der Waals surface area contributed by atoms with E-state index >= 15 is 0 Å². The smallest absolute Gasteiger partial charge is 0.306 e. The van der Waals surface area contributed by atoms with Crippen LogP contribution in [0.25, 0.3) is 0 Å². The van der Waals surface area contributed by atoms with Gasteiger partial charge in [-0.1, -0.05) is 70.4 Å². The summed E-state index contributed by atoms with van der Waals surface area (Å²) in [6.07, 6.45) is 17.9. The molecule has 1 fully saturated rings. The lowest BCUT2D eigenvalue weighted by Gasteiger charge is -2.29. The highest BCUT2D eigenvalue weighted by atomic mass is 16.6. The standard InChI is InChI=1S/C32H60O10/c1-2-3-4-5-6-7-8-9-10-11-12-13-14-15-16-27(32(36)37)17-21-38-25-28(39-22-18-33)31-30(41-24-20-35)29(26-42-31)40-23-19-34/h9-10,27-31,33-35H,2-8,11-26H2,1H3,(H,36,37). The van der Waals surface area contributed by atoms with E-state index in [1.807, 2.05) is 0 Å². The molecule has 10 nitrogen and oxygen atoms in total. The number of aliphatic hydroxyl groups excluding tert-OH is 3. The molecule has 248 valence electrons. The highest BCUT2D eigenvalue weighted by Crippen LogP contribution is 2.25. The van der Waals surface area contributed by atoms with Gasteiger partial charge < -0.3 is 44.1 Å². The minimum Gasteiger partial charge on any atom is -0.481 e. The summed E-state index contributed by atoms with van der Waals surface area (Å²) in [5, 5.41) is 37.3. The van der Waals surface area contributed by atoms with Gasteiger partial charge in [0, 0.05) is 6.61 Å². The van der Waals surface area contributed by atoms with E-state index in [4.69, 9.17) is 28.8 Å². The maximum atomic E-state index is 11.8. The van der Waals surface area contributed by atoms with Crippen molar-refractivity contribution in [2.24, 2.45) is 5.92 Å². The molecule has 0 bridgehead atoms. The molecule has 10 heteroatoms. The summed E-state index contributed by atoms with van der Waals surface area (Å²) in [6, 6.07) is 0. The first-order valence-corrected chi connectivity index (χ1v) is 16.3. The van der Waals surface area contributed by atoms with Gasteiger partial charge in [0.25, 0.3) is 0 Å². The number of hydrogen-bond acceptors (Lipinski definition) is 9. The summed E-state index contributed by atoms with van der Waals surface area (Å²) < 4.78 is 28.9. The van der Waals surface area contributed by atoms with Crippen molar-refractivity contribution in [2.75, 3.05) is 59.5 Å². The molecule has 1 aliphatic rings. The Morgan fingerprint density at radius 2 is 1.43 bits per heavy atom. The van der Waals surface area contributed by atoms with Gasteiger partial charge in [-0.2, -0.15) is 0 Å². The maximum Gasteiger partial charge on any atom is 0.306 e. The first kappa shape index (κ1) is 38.9. The number of hydrogen-bond donors (Lipinski definition) is 4. The van der Waals surface area contributed by atoms with Gasteiger partial charge in [-0.15, -0.1) is 0 Å². The molecule has 0 aromatic heterocycles. The highest BCUT2D eigenvalue weighted by molar-refractivity contribution is 5.69. The van der Waals surface area contributed by atoms with Crippen LogP contribution in [0.4, 0.5) is 0 Å². The second-order valence-electron chi connectivity index (χ2n) is 11.0. The van der Waals surface area contributed by atoms with Crippen molar-refractivity contribution in [2.45, 2.75) is 121 Å². The third kappa shape index (κ3) is 18.5. The van der Waals surface area contributed by atoms with Crippen LogP contribution in [-0.4, -0.2) is 110 Å². The van der Waals surface area contributed by atoms with Gasteiger partial charge in [-0.3, -0.25) is 4.79 Å². The monoisotopic (exact) mass is 604 g/mol. The average Bonchev–Trinajstić information content (AvgIpc) is 3.39. The molecule has 0 aromatic rings. The zero-order chi connectivity index (χ0) is 30.7. The lowest BCUT2D eigenvalue weighted by molar-refractivity contribution is -0.144. The highest BCUT2D eigenvalue weighted by Gasteiger charge is 2.44. The molecular weight excluding hydrogens is 544 g/mol. The molecular formula is C32H60O10. The van der Waals surface area contributed by atoms with Crippen molar-refractivity contribution >= 4 is 5.97 Å². The Morgan fingerprint density at radius 1 is 0.810 bits per heavy atom. The Kier molecular flexibility index (Phi) is 25.4. The Labute approximate surface area is 253 Å². The van der Waals surface area contributed by atoms with E-state index in [2.05, 4.69) is 19.1 Å². The maximum absolute atomic E-state index is 11.8. The molecule has 42 heavy (non-hydrogen) atoms. The van der Waals surface area contributed by atoms with Crippen LogP contribution < -0.4 is 0 Å². The van der Waals surface area contributed by atoms with Crippen LogP contribution in [0.15, 0.2) is 12.2 Å². The number of rotatable bonds is 30. The lowest BCUT2D eigenvalue weighted by Crippen LogP contribution is -2.45. The molecule has 0 radical (unpaired) electrons. The van der Waals surface area contributed by atoms with E-state index in [0.29, 0.717) is 12.8 Å². The van der Waals surface area contributed by atoms with Crippen LogP contribution in [0, 0.1) is 5.92 Å². The fraction of sp³-hybridized carbons (Fsp3) is 0.906. The van der Waals surface area contributed by atoms with E-state index in [1.165, 1.54) is 44.9 Å². The van der Waals surface area contributed by atoms with Gasteiger partial charge in [-0.05, 0) is 38.5 Å². The number of carboxylic acids is 1. The topological polar surface area (TPSA) is 144 Å². The molecule has 1 aliphatic heterocycles. The molecule has 0 saturated carbocycles. The normalized spacial score (nSPS) is 20.4. The average molecular weight is 605 g/mol. The summed E-state index contributed by atoms with van der Waals surface area (Å²) in [5.74, 6) is -1.26. The van der Waals surface area contributed by atoms with Crippen LogP contribution in [0.1, 0.15) is 96.8 Å². The quantitative estimate of drug-likeness (QED) is 0.0693. The number of unbranched alkanes of at least 4 members (excludes halogenated alkanes) is 10. The van der Waals surface area contributed by atoms with Crippen molar-refractivity contribution in [1.29, 1.82) is 0 Å². The summed E-state index contributed by atoms with van der Waals surface area (Å²) in [5.41, 5.74) is 0. The number of allylic oxidation sites excluding steroid dienone is 2. The number of carbonyl (C=O) groups is 1. The van der Waals surface area contributed by atoms with Gasteiger partial charge in [0.05, 0.1) is 58.8 Å². The number of aliphatic carboxylic acids is 1. The largest absolute Gasteiger partial charge is 0.481 e. The van der Waals surface area contributed by atoms with Gasteiger partial charge in [-0.25, -0.2) is 0 Å². The fourth-order valence-electron chi connectivity index (χ4n) is 5.21. The minimum atomic E-state index is -0.801. The Hall–Kier alpha value is -1.11. The first-order valence-electron chi connectivity index (χ1n) is 16.3. The molecule has 5 unspecified atom stereocenters. The minimum absolute atomic E-state index is 0.0788. The third-order valence-electron chi connectivity index (χ3n) is 7.56. The van der Waals surface area contributed by atoms with E-state index in [9.17, 15) is 20.1 Å². The summed E-state index contributed by atoms with van der Waals surface area (Å²) in [4.78, 5) is 11.8.